The molecule has 0 fully saturated rings. The number of ketones is 1. The van der Waals surface area contributed by atoms with Gasteiger partial charge in [0.1, 0.15) is 5.76 Å². The number of aromatic nitrogens is 2. The Balaban J connectivity index is 2.10. The van der Waals surface area contributed by atoms with Crippen LogP contribution in [0.2, 0.25) is 0 Å². The fraction of sp³-hybridized carbons (Fsp3) is 0.429. The molecule has 0 radical (unpaired) electrons. The SMILES string of the molecule is Cc1cc(C)nc(NN=CC2=C(O)CC(C)CC2=O)n1. The van der Waals surface area contributed by atoms with Crippen molar-refractivity contribution in [3.63, 3.8) is 0 Å². The van der Waals surface area contributed by atoms with E-state index >= 15 is 0 Å². The fourth-order valence-corrected chi connectivity index (χ4v) is 2.18. The van der Waals surface area contributed by atoms with Gasteiger partial charge in [0.15, 0.2) is 5.78 Å². The average Bonchev–Trinajstić information content (AvgIpc) is 2.31. The van der Waals surface area contributed by atoms with E-state index in [0.29, 0.717) is 18.8 Å². The summed E-state index contributed by atoms with van der Waals surface area (Å²) in [5.41, 5.74) is 4.61. The number of anilines is 1. The van der Waals surface area contributed by atoms with Gasteiger partial charge in [-0.25, -0.2) is 15.4 Å². The van der Waals surface area contributed by atoms with Crippen molar-refractivity contribution in [2.24, 2.45) is 11.0 Å². The summed E-state index contributed by atoms with van der Waals surface area (Å²) in [7, 11) is 0. The molecular formula is C14H18N4O2. The number of carbonyl (C=O) groups is 1. The molecule has 1 unspecified atom stereocenters. The molecule has 6 nitrogen and oxygen atoms in total. The number of nitrogens with one attached hydrogen (secondary N) is 1. The van der Waals surface area contributed by atoms with Crippen LogP contribution in [0.3, 0.4) is 0 Å². The molecule has 6 heteroatoms. The zero-order valence-electron chi connectivity index (χ0n) is 11.8. The molecule has 0 saturated carbocycles. The second-order valence-electron chi connectivity index (χ2n) is 5.14. The van der Waals surface area contributed by atoms with Crippen molar-refractivity contribution in [1.82, 2.24) is 9.97 Å². The predicted molar refractivity (Wildman–Crippen MR) is 76.7 cm³/mol. The minimum Gasteiger partial charge on any atom is -0.511 e. The zero-order valence-corrected chi connectivity index (χ0v) is 11.8. The molecule has 0 aromatic carbocycles. The van der Waals surface area contributed by atoms with Crippen LogP contribution in [0.4, 0.5) is 5.95 Å². The van der Waals surface area contributed by atoms with Crippen LogP contribution >= 0.6 is 0 Å². The lowest BCUT2D eigenvalue weighted by Gasteiger charge is -2.17. The van der Waals surface area contributed by atoms with Gasteiger partial charge in [-0.1, -0.05) is 6.92 Å². The van der Waals surface area contributed by atoms with E-state index < -0.39 is 0 Å². The summed E-state index contributed by atoms with van der Waals surface area (Å²) < 4.78 is 0. The maximum absolute atomic E-state index is 11.8. The molecule has 1 aliphatic rings. The molecule has 1 atom stereocenters. The van der Waals surface area contributed by atoms with Gasteiger partial charge in [-0.3, -0.25) is 4.79 Å². The highest BCUT2D eigenvalue weighted by Gasteiger charge is 2.23. The highest BCUT2D eigenvalue weighted by atomic mass is 16.3. The highest BCUT2D eigenvalue weighted by Crippen LogP contribution is 2.23. The molecule has 20 heavy (non-hydrogen) atoms. The fourth-order valence-electron chi connectivity index (χ4n) is 2.18. The first-order chi connectivity index (χ1) is 9.45. The number of aliphatic hydroxyl groups excluding tert-OH is 1. The van der Waals surface area contributed by atoms with Crippen molar-refractivity contribution in [3.8, 4) is 0 Å². The summed E-state index contributed by atoms with van der Waals surface area (Å²) in [6, 6.07) is 1.86. The number of hydrogen-bond acceptors (Lipinski definition) is 6. The van der Waals surface area contributed by atoms with Crippen molar-refractivity contribution in [1.29, 1.82) is 0 Å². The second-order valence-corrected chi connectivity index (χ2v) is 5.14. The first-order valence-corrected chi connectivity index (χ1v) is 6.52. The standard InChI is InChI=1S/C14H18N4O2/c1-8-4-12(19)11(13(20)5-8)7-15-18-14-16-9(2)6-10(3)17-14/h6-8,19H,4-5H2,1-3H3,(H,16,17,18). The molecule has 2 rings (SSSR count). The van der Waals surface area contributed by atoms with Gasteiger partial charge in [0.05, 0.1) is 11.8 Å². The molecule has 0 amide bonds. The first kappa shape index (κ1) is 14.2. The van der Waals surface area contributed by atoms with E-state index in [2.05, 4.69) is 20.5 Å². The van der Waals surface area contributed by atoms with Crippen LogP contribution in [0.1, 0.15) is 31.2 Å². The number of aliphatic hydroxyl groups is 1. The Bertz CT molecular complexity index is 573. The Morgan fingerprint density at radius 2 is 2.00 bits per heavy atom. The highest BCUT2D eigenvalue weighted by molar-refractivity contribution is 6.14. The van der Waals surface area contributed by atoms with Gasteiger partial charge >= 0.3 is 0 Å². The molecule has 0 aliphatic heterocycles. The number of allylic oxidation sites excluding steroid dienone is 2. The van der Waals surface area contributed by atoms with Crippen LogP contribution in [-0.2, 0) is 4.79 Å². The summed E-state index contributed by atoms with van der Waals surface area (Å²) in [4.78, 5) is 20.1. The monoisotopic (exact) mass is 274 g/mol. The van der Waals surface area contributed by atoms with E-state index in [1.807, 2.05) is 26.8 Å². The number of hydrogen-bond donors (Lipinski definition) is 2. The minimum atomic E-state index is -0.0897. The summed E-state index contributed by atoms with van der Waals surface area (Å²) in [6.07, 6.45) is 2.28. The smallest absolute Gasteiger partial charge is 0.243 e. The summed E-state index contributed by atoms with van der Waals surface area (Å²) in [6.45, 7) is 5.66. The van der Waals surface area contributed by atoms with Gasteiger partial charge in [0.25, 0.3) is 0 Å². The van der Waals surface area contributed by atoms with Crippen molar-refractivity contribution in [2.45, 2.75) is 33.6 Å². The normalized spacial score (nSPS) is 19.8. The third kappa shape index (κ3) is 3.40. The van der Waals surface area contributed by atoms with Gasteiger partial charge in [0, 0.05) is 24.2 Å². The van der Waals surface area contributed by atoms with Gasteiger partial charge < -0.3 is 5.11 Å². The van der Waals surface area contributed by atoms with Crippen molar-refractivity contribution in [3.05, 3.63) is 28.8 Å². The summed E-state index contributed by atoms with van der Waals surface area (Å²) in [5.74, 6) is 0.555. The number of carbonyl (C=O) groups excluding carboxylic acids is 1. The van der Waals surface area contributed by atoms with E-state index in [1.54, 1.807) is 0 Å². The molecule has 0 saturated heterocycles. The molecule has 1 aromatic heterocycles. The lowest BCUT2D eigenvalue weighted by molar-refractivity contribution is -0.116. The largest absolute Gasteiger partial charge is 0.511 e. The lowest BCUT2D eigenvalue weighted by atomic mass is 9.89. The van der Waals surface area contributed by atoms with Crippen LogP contribution in [0, 0.1) is 19.8 Å². The average molecular weight is 274 g/mol. The van der Waals surface area contributed by atoms with Crippen LogP contribution in [0.25, 0.3) is 0 Å². The van der Waals surface area contributed by atoms with E-state index in [4.69, 9.17) is 0 Å². The Hall–Kier alpha value is -2.24. The van der Waals surface area contributed by atoms with E-state index in [9.17, 15) is 9.90 Å². The Labute approximate surface area is 117 Å². The quantitative estimate of drug-likeness (QED) is 0.652. The number of nitrogens with zero attached hydrogens (tertiary/aromatic N) is 3. The third-order valence-electron chi connectivity index (χ3n) is 3.03. The summed E-state index contributed by atoms with van der Waals surface area (Å²) >= 11 is 0. The molecular weight excluding hydrogens is 256 g/mol. The number of rotatable bonds is 3. The minimum absolute atomic E-state index is 0.0897. The number of hydrazone groups is 1. The lowest BCUT2D eigenvalue weighted by Crippen LogP contribution is -2.18. The number of aryl methyl sites for hydroxylation is 2. The first-order valence-electron chi connectivity index (χ1n) is 6.52. The van der Waals surface area contributed by atoms with Gasteiger partial charge in [-0.15, -0.1) is 0 Å². The van der Waals surface area contributed by atoms with Gasteiger partial charge in [0.2, 0.25) is 5.95 Å². The molecule has 0 bridgehead atoms. The predicted octanol–water partition coefficient (Wildman–Crippen LogP) is 2.30. The van der Waals surface area contributed by atoms with Gasteiger partial charge in [-0.05, 0) is 25.8 Å². The van der Waals surface area contributed by atoms with Crippen LogP contribution in [0.5, 0.6) is 0 Å². The number of Topliss-reactive ketones (excluding diaryl/α,β-unsaturated/α-hetero) is 1. The molecule has 1 heterocycles. The molecule has 2 N–H and O–H groups in total. The van der Waals surface area contributed by atoms with Crippen molar-refractivity contribution < 1.29 is 9.90 Å². The maximum atomic E-state index is 11.8. The summed E-state index contributed by atoms with van der Waals surface area (Å²) in [5, 5.41) is 13.7. The van der Waals surface area contributed by atoms with Crippen molar-refractivity contribution in [2.75, 3.05) is 5.43 Å². The van der Waals surface area contributed by atoms with Crippen LogP contribution in [0.15, 0.2) is 22.5 Å². The third-order valence-corrected chi connectivity index (χ3v) is 3.03. The molecule has 106 valence electrons. The van der Waals surface area contributed by atoms with Crippen molar-refractivity contribution >= 4 is 17.9 Å². The Morgan fingerprint density at radius 1 is 1.35 bits per heavy atom. The van der Waals surface area contributed by atoms with E-state index in [0.717, 1.165) is 11.4 Å². The van der Waals surface area contributed by atoms with E-state index in [1.165, 1.54) is 6.21 Å². The van der Waals surface area contributed by atoms with Crippen LogP contribution in [-0.4, -0.2) is 27.1 Å². The maximum Gasteiger partial charge on any atom is 0.243 e. The molecule has 0 spiro atoms. The Morgan fingerprint density at radius 3 is 2.60 bits per heavy atom. The van der Waals surface area contributed by atoms with E-state index in [-0.39, 0.29) is 23.0 Å². The zero-order chi connectivity index (χ0) is 14.7. The molecule has 1 aromatic rings. The molecule has 1 aliphatic carbocycles. The van der Waals surface area contributed by atoms with Gasteiger partial charge in [-0.2, -0.15) is 5.10 Å². The Kier molecular flexibility index (Phi) is 4.12. The topological polar surface area (TPSA) is 87.5 Å². The van der Waals surface area contributed by atoms with Crippen LogP contribution < -0.4 is 5.43 Å². The second kappa shape index (κ2) is 5.81.